The van der Waals surface area contributed by atoms with Gasteiger partial charge in [-0.1, -0.05) is 47.1 Å². The van der Waals surface area contributed by atoms with E-state index in [0.717, 1.165) is 23.4 Å². The van der Waals surface area contributed by atoms with Crippen molar-refractivity contribution in [3.63, 3.8) is 0 Å². The van der Waals surface area contributed by atoms with Crippen LogP contribution < -0.4 is 0 Å². The SMILES string of the molecule is CCc1ccccc1-c1nnc(CBr)n1C1CC1. The van der Waals surface area contributed by atoms with Crippen LogP contribution in [0.3, 0.4) is 0 Å². The van der Waals surface area contributed by atoms with Gasteiger partial charge in [0.25, 0.3) is 0 Å². The van der Waals surface area contributed by atoms with Gasteiger partial charge in [-0.15, -0.1) is 10.2 Å². The predicted octanol–water partition coefficient (Wildman–Crippen LogP) is 3.74. The minimum absolute atomic E-state index is 0.604. The average Bonchev–Trinajstić information content (AvgIpc) is 3.17. The van der Waals surface area contributed by atoms with Gasteiger partial charge in [-0.3, -0.25) is 0 Å². The third-order valence-corrected chi connectivity index (χ3v) is 3.94. The average molecular weight is 306 g/mol. The largest absolute Gasteiger partial charge is 0.307 e. The first-order chi connectivity index (χ1) is 8.85. The lowest BCUT2D eigenvalue weighted by atomic mass is 10.0. The summed E-state index contributed by atoms with van der Waals surface area (Å²) >= 11 is 3.50. The second-order valence-corrected chi connectivity index (χ2v) is 5.25. The van der Waals surface area contributed by atoms with Crippen molar-refractivity contribution in [3.05, 3.63) is 35.7 Å². The summed E-state index contributed by atoms with van der Waals surface area (Å²) in [5, 5.41) is 9.49. The molecule has 0 spiro atoms. The number of hydrogen-bond donors (Lipinski definition) is 0. The first-order valence-corrected chi connectivity index (χ1v) is 7.55. The van der Waals surface area contributed by atoms with Crippen molar-refractivity contribution in [2.75, 3.05) is 0 Å². The van der Waals surface area contributed by atoms with Crippen LogP contribution in [0, 0.1) is 0 Å². The molecule has 4 heteroatoms. The molecule has 1 fully saturated rings. The Balaban J connectivity index is 2.13. The Morgan fingerprint density at radius 1 is 1.28 bits per heavy atom. The Labute approximate surface area is 115 Å². The fraction of sp³-hybridized carbons (Fsp3) is 0.429. The number of halogens is 1. The van der Waals surface area contributed by atoms with Crippen molar-refractivity contribution in [1.82, 2.24) is 14.8 Å². The lowest BCUT2D eigenvalue weighted by molar-refractivity contribution is 0.714. The molecule has 0 unspecified atom stereocenters. The van der Waals surface area contributed by atoms with Crippen LogP contribution in [-0.4, -0.2) is 14.8 Å². The van der Waals surface area contributed by atoms with Gasteiger partial charge in [0.15, 0.2) is 5.82 Å². The van der Waals surface area contributed by atoms with E-state index in [9.17, 15) is 0 Å². The number of aryl methyl sites for hydroxylation is 1. The summed E-state index contributed by atoms with van der Waals surface area (Å²) in [5.41, 5.74) is 2.57. The second-order valence-electron chi connectivity index (χ2n) is 4.69. The summed E-state index contributed by atoms with van der Waals surface area (Å²) in [6.45, 7) is 2.18. The summed E-state index contributed by atoms with van der Waals surface area (Å²) in [4.78, 5) is 0. The van der Waals surface area contributed by atoms with Crippen LogP contribution in [0.25, 0.3) is 11.4 Å². The van der Waals surface area contributed by atoms with Crippen molar-refractivity contribution in [1.29, 1.82) is 0 Å². The summed E-state index contributed by atoms with van der Waals surface area (Å²) < 4.78 is 2.31. The zero-order chi connectivity index (χ0) is 12.5. The smallest absolute Gasteiger partial charge is 0.164 e. The molecule has 0 atom stereocenters. The maximum absolute atomic E-state index is 4.41. The molecule has 0 N–H and O–H groups in total. The Morgan fingerprint density at radius 3 is 2.72 bits per heavy atom. The number of benzene rings is 1. The van der Waals surface area contributed by atoms with Gasteiger partial charge in [-0.25, -0.2) is 0 Å². The predicted molar refractivity (Wildman–Crippen MR) is 75.7 cm³/mol. The van der Waals surface area contributed by atoms with E-state index in [2.05, 4.69) is 61.9 Å². The fourth-order valence-electron chi connectivity index (χ4n) is 2.36. The maximum atomic E-state index is 4.41. The molecule has 1 heterocycles. The summed E-state index contributed by atoms with van der Waals surface area (Å²) in [5.74, 6) is 2.07. The third kappa shape index (κ3) is 1.99. The van der Waals surface area contributed by atoms with E-state index >= 15 is 0 Å². The Hall–Kier alpha value is -1.16. The Morgan fingerprint density at radius 2 is 2.06 bits per heavy atom. The second kappa shape index (κ2) is 4.84. The molecule has 0 aliphatic heterocycles. The lowest BCUT2D eigenvalue weighted by Crippen LogP contribution is -2.03. The monoisotopic (exact) mass is 305 g/mol. The molecule has 3 nitrogen and oxygen atoms in total. The van der Waals surface area contributed by atoms with E-state index in [1.807, 2.05) is 0 Å². The molecule has 1 aromatic carbocycles. The number of nitrogens with zero attached hydrogens (tertiary/aromatic N) is 3. The van der Waals surface area contributed by atoms with Gasteiger partial charge >= 0.3 is 0 Å². The maximum Gasteiger partial charge on any atom is 0.164 e. The van der Waals surface area contributed by atoms with Crippen LogP contribution >= 0.6 is 15.9 Å². The minimum atomic E-state index is 0.604. The molecule has 1 aliphatic rings. The normalized spacial score (nSPS) is 15.0. The number of aromatic nitrogens is 3. The molecule has 3 rings (SSSR count). The fourth-order valence-corrected chi connectivity index (χ4v) is 2.74. The van der Waals surface area contributed by atoms with Gasteiger partial charge in [0.05, 0.1) is 5.33 Å². The van der Waals surface area contributed by atoms with Crippen molar-refractivity contribution < 1.29 is 0 Å². The van der Waals surface area contributed by atoms with Gasteiger partial charge in [0.2, 0.25) is 0 Å². The van der Waals surface area contributed by atoms with Crippen molar-refractivity contribution in [2.24, 2.45) is 0 Å². The third-order valence-electron chi connectivity index (χ3n) is 3.44. The van der Waals surface area contributed by atoms with Crippen molar-refractivity contribution in [3.8, 4) is 11.4 Å². The summed E-state index contributed by atoms with van der Waals surface area (Å²) in [6, 6.07) is 9.10. The van der Waals surface area contributed by atoms with Gasteiger partial charge < -0.3 is 4.57 Å². The van der Waals surface area contributed by atoms with Gasteiger partial charge in [-0.05, 0) is 24.8 Å². The molecule has 94 valence electrons. The number of alkyl halides is 1. The van der Waals surface area contributed by atoms with Crippen LogP contribution in [0.2, 0.25) is 0 Å². The highest BCUT2D eigenvalue weighted by Gasteiger charge is 2.29. The van der Waals surface area contributed by atoms with E-state index in [1.165, 1.54) is 24.0 Å². The quantitative estimate of drug-likeness (QED) is 0.806. The molecule has 1 aromatic heterocycles. The van der Waals surface area contributed by atoms with Crippen LogP contribution in [-0.2, 0) is 11.8 Å². The molecule has 2 aromatic rings. The van der Waals surface area contributed by atoms with Crippen LogP contribution in [0.5, 0.6) is 0 Å². The number of rotatable bonds is 4. The topological polar surface area (TPSA) is 30.7 Å². The zero-order valence-electron chi connectivity index (χ0n) is 10.4. The van der Waals surface area contributed by atoms with E-state index < -0.39 is 0 Å². The van der Waals surface area contributed by atoms with Crippen molar-refractivity contribution in [2.45, 2.75) is 37.6 Å². The van der Waals surface area contributed by atoms with Gasteiger partial charge in [0, 0.05) is 11.6 Å². The Bertz CT molecular complexity index is 558. The minimum Gasteiger partial charge on any atom is -0.307 e. The zero-order valence-corrected chi connectivity index (χ0v) is 12.0. The van der Waals surface area contributed by atoms with Gasteiger partial charge in [0.1, 0.15) is 5.82 Å². The highest BCUT2D eigenvalue weighted by atomic mass is 79.9. The van der Waals surface area contributed by atoms with Crippen LogP contribution in [0.4, 0.5) is 0 Å². The molecular formula is C14H16BrN3. The summed E-state index contributed by atoms with van der Waals surface area (Å²) in [7, 11) is 0. The highest BCUT2D eigenvalue weighted by Crippen LogP contribution is 2.39. The van der Waals surface area contributed by atoms with Crippen LogP contribution in [0.15, 0.2) is 24.3 Å². The molecule has 0 saturated heterocycles. The molecular weight excluding hydrogens is 290 g/mol. The first kappa shape index (κ1) is 11.9. The van der Waals surface area contributed by atoms with E-state index in [0.29, 0.717) is 6.04 Å². The number of hydrogen-bond acceptors (Lipinski definition) is 2. The molecule has 0 amide bonds. The van der Waals surface area contributed by atoms with E-state index in [-0.39, 0.29) is 0 Å². The van der Waals surface area contributed by atoms with E-state index in [4.69, 9.17) is 0 Å². The Kier molecular flexibility index (Phi) is 3.20. The lowest BCUT2D eigenvalue weighted by Gasteiger charge is -2.10. The van der Waals surface area contributed by atoms with Gasteiger partial charge in [-0.2, -0.15) is 0 Å². The molecule has 1 saturated carbocycles. The highest BCUT2D eigenvalue weighted by molar-refractivity contribution is 9.08. The molecule has 18 heavy (non-hydrogen) atoms. The molecule has 1 aliphatic carbocycles. The van der Waals surface area contributed by atoms with Crippen LogP contribution in [0.1, 0.15) is 37.2 Å². The first-order valence-electron chi connectivity index (χ1n) is 6.43. The molecule has 0 bridgehead atoms. The summed E-state index contributed by atoms with van der Waals surface area (Å²) in [6.07, 6.45) is 3.52. The standard InChI is InChI=1S/C14H16BrN3/c1-2-10-5-3-4-6-12(10)14-17-16-13(9-15)18(14)11-7-8-11/h3-6,11H,2,7-9H2,1H3. The molecule has 0 radical (unpaired) electrons. The van der Waals surface area contributed by atoms with E-state index in [1.54, 1.807) is 0 Å². The van der Waals surface area contributed by atoms with Crippen molar-refractivity contribution >= 4 is 15.9 Å².